The maximum atomic E-state index is 7.44. The van der Waals surface area contributed by atoms with Crippen LogP contribution < -0.4 is 10.6 Å². The molecule has 0 aliphatic carbocycles. The minimum atomic E-state index is -0.0237. The molecule has 0 bridgehead atoms. The number of nitrogen functional groups attached to an aromatic ring is 1. The van der Waals surface area contributed by atoms with Gasteiger partial charge >= 0.3 is 0 Å². The first-order chi connectivity index (χ1) is 9.60. The summed E-state index contributed by atoms with van der Waals surface area (Å²) in [7, 11) is 3.37. The second-order valence-electron chi connectivity index (χ2n) is 4.40. The maximum Gasteiger partial charge on any atom is 0.124 e. The lowest BCUT2D eigenvalue weighted by Gasteiger charge is -2.25. The quantitative estimate of drug-likeness (QED) is 0.416. The third-order valence-corrected chi connectivity index (χ3v) is 3.26. The van der Waals surface area contributed by atoms with E-state index in [4.69, 9.17) is 32.2 Å². The maximum absolute atomic E-state index is 7.44. The summed E-state index contributed by atoms with van der Waals surface area (Å²) in [6.45, 7) is 2.98. The predicted octanol–water partition coefficient (Wildman–Crippen LogP) is 2.11. The highest BCUT2D eigenvalue weighted by Crippen LogP contribution is 2.23. The van der Waals surface area contributed by atoms with Gasteiger partial charge in [0.05, 0.1) is 11.6 Å². The molecule has 5 nitrogen and oxygen atoms in total. The molecular weight excluding hydrogens is 278 g/mol. The first-order valence-corrected chi connectivity index (χ1v) is 6.84. The fourth-order valence-corrected chi connectivity index (χ4v) is 2.17. The standard InChI is InChI=1S/C14H22ClN3O2/c1-19-8-3-6-18(7-9-20-2)11-4-5-12(14(16)17)13(15)10-11/h4-5,10H,3,6-9H2,1-2H3,(H3,16,17). The molecular formula is C14H22ClN3O2. The molecule has 0 spiro atoms. The molecule has 0 amide bonds. The molecule has 0 fully saturated rings. The van der Waals surface area contributed by atoms with E-state index < -0.39 is 0 Å². The highest BCUT2D eigenvalue weighted by atomic mass is 35.5. The van der Waals surface area contributed by atoms with E-state index in [0.717, 1.165) is 25.2 Å². The number of benzene rings is 1. The Labute approximate surface area is 125 Å². The summed E-state index contributed by atoms with van der Waals surface area (Å²) < 4.78 is 10.2. The summed E-state index contributed by atoms with van der Waals surface area (Å²) in [6, 6.07) is 5.53. The highest BCUT2D eigenvalue weighted by Gasteiger charge is 2.10. The minimum absolute atomic E-state index is 0.0237. The van der Waals surface area contributed by atoms with Crippen LogP contribution >= 0.6 is 11.6 Å². The molecule has 0 saturated carbocycles. The lowest BCUT2D eigenvalue weighted by molar-refractivity contribution is 0.191. The van der Waals surface area contributed by atoms with E-state index in [1.54, 1.807) is 20.3 Å². The van der Waals surface area contributed by atoms with Crippen molar-refractivity contribution in [2.75, 3.05) is 45.4 Å². The number of methoxy groups -OCH3 is 2. The van der Waals surface area contributed by atoms with Crippen LogP contribution in [0, 0.1) is 5.41 Å². The van der Waals surface area contributed by atoms with Crippen molar-refractivity contribution in [3.63, 3.8) is 0 Å². The van der Waals surface area contributed by atoms with Gasteiger partial charge in [-0.2, -0.15) is 0 Å². The molecule has 1 rings (SSSR count). The van der Waals surface area contributed by atoms with Crippen LogP contribution in [0.15, 0.2) is 18.2 Å². The van der Waals surface area contributed by atoms with Gasteiger partial charge in [0, 0.05) is 45.2 Å². The van der Waals surface area contributed by atoms with Crippen LogP contribution in [0.1, 0.15) is 12.0 Å². The van der Waals surface area contributed by atoms with Crippen LogP contribution in [0.5, 0.6) is 0 Å². The lowest BCUT2D eigenvalue weighted by atomic mass is 10.1. The number of hydrogen-bond acceptors (Lipinski definition) is 4. The first-order valence-electron chi connectivity index (χ1n) is 6.47. The normalized spacial score (nSPS) is 10.6. The van der Waals surface area contributed by atoms with Gasteiger partial charge in [-0.1, -0.05) is 11.6 Å². The number of ether oxygens (including phenoxy) is 2. The zero-order valence-corrected chi connectivity index (χ0v) is 12.7. The van der Waals surface area contributed by atoms with Gasteiger partial charge in [-0.05, 0) is 24.6 Å². The molecule has 0 saturated heterocycles. The fourth-order valence-electron chi connectivity index (χ4n) is 1.89. The number of rotatable bonds is 9. The number of nitrogens with one attached hydrogen (secondary N) is 1. The van der Waals surface area contributed by atoms with Crippen molar-refractivity contribution in [2.24, 2.45) is 5.73 Å². The average Bonchev–Trinajstić information content (AvgIpc) is 2.42. The van der Waals surface area contributed by atoms with Crippen LogP contribution in [0.25, 0.3) is 0 Å². The summed E-state index contributed by atoms with van der Waals surface area (Å²) >= 11 is 6.16. The Hall–Kier alpha value is -1.30. The Bertz CT molecular complexity index is 440. The van der Waals surface area contributed by atoms with Crippen molar-refractivity contribution in [3.05, 3.63) is 28.8 Å². The minimum Gasteiger partial charge on any atom is -0.385 e. The zero-order chi connectivity index (χ0) is 15.0. The first kappa shape index (κ1) is 16.8. The summed E-state index contributed by atoms with van der Waals surface area (Å²) in [5, 5.41) is 7.93. The van der Waals surface area contributed by atoms with Gasteiger partial charge in [0.25, 0.3) is 0 Å². The monoisotopic (exact) mass is 299 g/mol. The van der Waals surface area contributed by atoms with Crippen molar-refractivity contribution in [3.8, 4) is 0 Å². The Balaban J connectivity index is 2.83. The van der Waals surface area contributed by atoms with Crippen LogP contribution in [-0.4, -0.2) is 46.4 Å². The Morgan fingerprint density at radius 2 is 1.95 bits per heavy atom. The molecule has 0 aromatic heterocycles. The van der Waals surface area contributed by atoms with Crippen molar-refractivity contribution < 1.29 is 9.47 Å². The molecule has 112 valence electrons. The SMILES string of the molecule is COCCCN(CCOC)c1ccc(C(=N)N)c(Cl)c1. The topological polar surface area (TPSA) is 71.6 Å². The van der Waals surface area contributed by atoms with Crippen LogP contribution in [0.4, 0.5) is 5.69 Å². The number of hydrogen-bond donors (Lipinski definition) is 2. The lowest BCUT2D eigenvalue weighted by Crippen LogP contribution is -2.29. The van der Waals surface area contributed by atoms with E-state index in [2.05, 4.69) is 4.90 Å². The van der Waals surface area contributed by atoms with Crippen LogP contribution in [0.3, 0.4) is 0 Å². The molecule has 20 heavy (non-hydrogen) atoms. The molecule has 0 atom stereocenters. The third-order valence-electron chi connectivity index (χ3n) is 2.95. The van der Waals surface area contributed by atoms with Gasteiger partial charge in [-0.25, -0.2) is 0 Å². The Morgan fingerprint density at radius 3 is 2.50 bits per heavy atom. The van der Waals surface area contributed by atoms with Crippen molar-refractivity contribution >= 4 is 23.1 Å². The molecule has 3 N–H and O–H groups in total. The van der Waals surface area contributed by atoms with Crippen molar-refractivity contribution in [1.82, 2.24) is 0 Å². The van der Waals surface area contributed by atoms with Crippen LogP contribution in [-0.2, 0) is 9.47 Å². The Kier molecular flexibility index (Phi) is 7.36. The van der Waals surface area contributed by atoms with Gasteiger partial charge in [-0.15, -0.1) is 0 Å². The second-order valence-corrected chi connectivity index (χ2v) is 4.81. The van der Waals surface area contributed by atoms with E-state index in [1.165, 1.54) is 0 Å². The molecule has 1 aromatic rings. The van der Waals surface area contributed by atoms with Crippen molar-refractivity contribution in [2.45, 2.75) is 6.42 Å². The summed E-state index contributed by atoms with van der Waals surface area (Å²) in [5.74, 6) is -0.0237. The smallest absolute Gasteiger partial charge is 0.124 e. The zero-order valence-electron chi connectivity index (χ0n) is 12.0. The third kappa shape index (κ3) is 5.00. The molecule has 6 heteroatoms. The van der Waals surface area contributed by atoms with Crippen LogP contribution in [0.2, 0.25) is 5.02 Å². The molecule has 1 aromatic carbocycles. The number of amidine groups is 1. The van der Waals surface area contributed by atoms with Crippen molar-refractivity contribution in [1.29, 1.82) is 5.41 Å². The average molecular weight is 300 g/mol. The number of nitrogens with zero attached hydrogens (tertiary/aromatic N) is 1. The fraction of sp³-hybridized carbons (Fsp3) is 0.500. The molecule has 0 aliphatic rings. The number of nitrogens with two attached hydrogens (primary N) is 1. The van der Waals surface area contributed by atoms with Gasteiger partial charge in [-0.3, -0.25) is 5.41 Å². The van der Waals surface area contributed by atoms with E-state index >= 15 is 0 Å². The van der Waals surface area contributed by atoms with Gasteiger partial charge in [0.2, 0.25) is 0 Å². The number of anilines is 1. The number of halogens is 1. The molecule has 0 radical (unpaired) electrons. The molecule has 0 unspecified atom stereocenters. The predicted molar refractivity (Wildman–Crippen MR) is 83.1 cm³/mol. The highest BCUT2D eigenvalue weighted by molar-refractivity contribution is 6.34. The van der Waals surface area contributed by atoms with E-state index in [-0.39, 0.29) is 5.84 Å². The van der Waals surface area contributed by atoms with Gasteiger partial charge in [0.15, 0.2) is 0 Å². The van der Waals surface area contributed by atoms with E-state index in [0.29, 0.717) is 23.8 Å². The summed E-state index contributed by atoms with van der Waals surface area (Å²) in [5.41, 5.74) is 7.02. The summed E-state index contributed by atoms with van der Waals surface area (Å²) in [4.78, 5) is 2.18. The summed E-state index contributed by atoms with van der Waals surface area (Å²) in [6.07, 6.45) is 0.923. The van der Waals surface area contributed by atoms with E-state index in [1.807, 2.05) is 12.1 Å². The largest absolute Gasteiger partial charge is 0.385 e. The van der Waals surface area contributed by atoms with Gasteiger partial charge < -0.3 is 20.1 Å². The Morgan fingerprint density at radius 1 is 1.25 bits per heavy atom. The molecule has 0 aliphatic heterocycles. The molecule has 0 heterocycles. The second kappa shape index (κ2) is 8.79. The van der Waals surface area contributed by atoms with Gasteiger partial charge in [0.1, 0.15) is 5.84 Å². The van der Waals surface area contributed by atoms with E-state index in [9.17, 15) is 0 Å².